The number of imidazole rings is 2. The summed E-state index contributed by atoms with van der Waals surface area (Å²) < 4.78 is 24.0. The average Bonchev–Trinajstić information content (AvgIpc) is 4.18. The van der Waals surface area contributed by atoms with Crippen LogP contribution in [-0.4, -0.2) is 136 Å². The van der Waals surface area contributed by atoms with Gasteiger partial charge in [-0.25, -0.2) is 14.4 Å². The SMILES string of the molecule is CN(C)CCCNC(=O)CCNC(=O)c1cc(NC(=O)c2cc(NC(=O)c3cc(NC(=O)[C@@H](F)CCNC(=O)c4cc(NC(=O)c5nc(NC(=O)c6nccn6C)cn5C)cn4C)cn3C)cn2C)cn1C. The van der Waals surface area contributed by atoms with Crippen molar-refractivity contribution in [2.24, 2.45) is 42.3 Å². The molecule has 0 aliphatic rings. The van der Waals surface area contributed by atoms with E-state index in [0.29, 0.717) is 12.2 Å². The van der Waals surface area contributed by atoms with Crippen molar-refractivity contribution in [2.45, 2.75) is 25.4 Å². The van der Waals surface area contributed by atoms with Crippen LogP contribution in [0.3, 0.4) is 0 Å². The largest absolute Gasteiger partial charge is 0.356 e. The summed E-state index contributed by atoms with van der Waals surface area (Å²) in [5.74, 6) is -4.20. The fraction of sp³-hybridized carbons (Fsp3) is 0.348. The number of nitrogens with zero attached hydrogens (tertiary/aromatic N) is 9. The summed E-state index contributed by atoms with van der Waals surface area (Å²) in [6.45, 7) is 1.30. The zero-order chi connectivity index (χ0) is 52.4. The Morgan fingerprint density at radius 3 is 1.51 bits per heavy atom. The maximum absolute atomic E-state index is 15.1. The first kappa shape index (κ1) is 52.6. The molecule has 6 aromatic rings. The van der Waals surface area contributed by atoms with E-state index in [-0.39, 0.29) is 89.1 Å². The molecular weight excluding hydrogens is 938 g/mol. The molecule has 0 aliphatic carbocycles. The van der Waals surface area contributed by atoms with Gasteiger partial charge in [-0.15, -0.1) is 0 Å². The number of alkyl halides is 1. The number of carbonyl (C=O) groups is 8. The molecule has 1 atom stereocenters. The zero-order valence-electron chi connectivity index (χ0n) is 41.0. The normalized spacial score (nSPS) is 11.5. The van der Waals surface area contributed by atoms with Crippen molar-refractivity contribution in [1.29, 1.82) is 0 Å². The maximum atomic E-state index is 15.1. The van der Waals surface area contributed by atoms with E-state index >= 15 is 4.39 Å². The highest BCUT2D eigenvalue weighted by Crippen LogP contribution is 2.21. The second-order valence-corrected chi connectivity index (χ2v) is 17.2. The Hall–Kier alpha value is -8.81. The van der Waals surface area contributed by atoms with Gasteiger partial charge in [0.2, 0.25) is 11.7 Å². The first-order valence-electron chi connectivity index (χ1n) is 22.5. The van der Waals surface area contributed by atoms with E-state index in [0.717, 1.165) is 13.0 Å². The van der Waals surface area contributed by atoms with E-state index in [1.54, 1.807) is 59.2 Å². The predicted molar refractivity (Wildman–Crippen MR) is 263 cm³/mol. The lowest BCUT2D eigenvalue weighted by Gasteiger charge is -2.10. The number of anilines is 5. The molecule has 8 N–H and O–H groups in total. The van der Waals surface area contributed by atoms with Crippen molar-refractivity contribution in [3.8, 4) is 0 Å². The lowest BCUT2D eigenvalue weighted by molar-refractivity contribution is -0.121. The topological polar surface area (TPSA) is 291 Å². The van der Waals surface area contributed by atoms with Crippen molar-refractivity contribution in [1.82, 2.24) is 58.2 Å². The van der Waals surface area contributed by atoms with Crippen molar-refractivity contribution >= 4 is 75.8 Å². The van der Waals surface area contributed by atoms with Gasteiger partial charge in [0.15, 0.2) is 17.8 Å². The van der Waals surface area contributed by atoms with E-state index in [2.05, 4.69) is 52.5 Å². The number of halogens is 1. The van der Waals surface area contributed by atoms with Crippen LogP contribution in [0.15, 0.2) is 67.6 Å². The maximum Gasteiger partial charge on any atom is 0.292 e. The van der Waals surface area contributed by atoms with E-state index < -0.39 is 47.5 Å². The van der Waals surface area contributed by atoms with Crippen molar-refractivity contribution < 1.29 is 42.7 Å². The Labute approximate surface area is 412 Å². The number of aromatic nitrogens is 8. The molecule has 0 bridgehead atoms. The first-order valence-corrected chi connectivity index (χ1v) is 22.5. The number of hydrogen-bond donors (Lipinski definition) is 8. The Kier molecular flexibility index (Phi) is 16.9. The van der Waals surface area contributed by atoms with Crippen molar-refractivity contribution in [3.63, 3.8) is 0 Å². The number of amides is 8. The summed E-state index contributed by atoms with van der Waals surface area (Å²) in [5, 5.41) is 21.3. The average molecular weight is 996 g/mol. The Bertz CT molecular complexity index is 3000. The predicted octanol–water partition coefficient (Wildman–Crippen LogP) is 1.80. The highest BCUT2D eigenvalue weighted by atomic mass is 19.1. The summed E-state index contributed by atoms with van der Waals surface area (Å²) in [6, 6.07) is 5.71. The van der Waals surface area contributed by atoms with E-state index in [1.165, 1.54) is 78.1 Å². The fourth-order valence-corrected chi connectivity index (χ4v) is 7.35. The third kappa shape index (κ3) is 13.5. The Morgan fingerprint density at radius 2 is 1.01 bits per heavy atom. The lowest BCUT2D eigenvalue weighted by Crippen LogP contribution is -2.32. The molecular formula is C46H58FN17O8. The van der Waals surface area contributed by atoms with Crippen LogP contribution < -0.4 is 42.5 Å². The molecule has 0 unspecified atom stereocenters. The van der Waals surface area contributed by atoms with E-state index in [4.69, 9.17) is 0 Å². The third-order valence-electron chi connectivity index (χ3n) is 11.0. The second kappa shape index (κ2) is 23.2. The van der Waals surface area contributed by atoms with Crippen LogP contribution in [0, 0.1) is 0 Å². The van der Waals surface area contributed by atoms with Gasteiger partial charge < -0.3 is 74.8 Å². The minimum atomic E-state index is -2.04. The number of nitrogens with one attached hydrogen (secondary N) is 8. The third-order valence-corrected chi connectivity index (χ3v) is 11.0. The lowest BCUT2D eigenvalue weighted by atomic mass is 10.2. The molecule has 6 heterocycles. The molecule has 72 heavy (non-hydrogen) atoms. The monoisotopic (exact) mass is 995 g/mol. The molecule has 0 fully saturated rings. The van der Waals surface area contributed by atoms with E-state index in [1.807, 2.05) is 19.0 Å². The Morgan fingerprint density at radius 1 is 0.542 bits per heavy atom. The smallest absolute Gasteiger partial charge is 0.292 e. The minimum absolute atomic E-state index is 0.0273. The van der Waals surface area contributed by atoms with Crippen LogP contribution >= 0.6 is 0 Å². The van der Waals surface area contributed by atoms with Crippen LogP contribution in [0.5, 0.6) is 0 Å². The van der Waals surface area contributed by atoms with Crippen molar-refractivity contribution in [3.05, 3.63) is 102 Å². The minimum Gasteiger partial charge on any atom is -0.356 e. The molecule has 0 radical (unpaired) electrons. The van der Waals surface area contributed by atoms with Crippen LogP contribution in [0.4, 0.5) is 33.0 Å². The molecule has 0 saturated heterocycles. The van der Waals surface area contributed by atoms with Gasteiger partial charge in [-0.2, -0.15) is 0 Å². The van der Waals surface area contributed by atoms with Gasteiger partial charge in [0, 0.05) is 118 Å². The van der Waals surface area contributed by atoms with Gasteiger partial charge in [0.25, 0.3) is 41.4 Å². The summed E-state index contributed by atoms with van der Waals surface area (Å²) >= 11 is 0. The highest BCUT2D eigenvalue weighted by molar-refractivity contribution is 6.08. The number of carbonyl (C=O) groups excluding carboxylic acids is 8. The van der Waals surface area contributed by atoms with Gasteiger partial charge in [0.05, 0.1) is 22.7 Å². The quantitative estimate of drug-likeness (QED) is 0.0454. The second-order valence-electron chi connectivity index (χ2n) is 17.2. The molecule has 6 rings (SSSR count). The molecule has 26 heteroatoms. The van der Waals surface area contributed by atoms with Crippen LogP contribution in [0.25, 0.3) is 0 Å². The number of rotatable bonds is 22. The van der Waals surface area contributed by atoms with Crippen LogP contribution in [0.2, 0.25) is 0 Å². The van der Waals surface area contributed by atoms with Gasteiger partial charge in [0.1, 0.15) is 22.8 Å². The summed E-state index contributed by atoms with van der Waals surface area (Å²) in [4.78, 5) is 113. The van der Waals surface area contributed by atoms with Gasteiger partial charge in [-0.1, -0.05) is 0 Å². The summed E-state index contributed by atoms with van der Waals surface area (Å²) in [6.07, 6.45) is 9.05. The molecule has 6 aromatic heterocycles. The van der Waals surface area contributed by atoms with Crippen molar-refractivity contribution in [2.75, 3.05) is 66.9 Å². The number of aryl methyl sites for hydroxylation is 6. The van der Waals surface area contributed by atoms with E-state index in [9.17, 15) is 38.4 Å². The molecule has 0 saturated carbocycles. The summed E-state index contributed by atoms with van der Waals surface area (Å²) in [7, 11) is 13.5. The first-order chi connectivity index (χ1) is 34.2. The molecule has 0 aromatic carbocycles. The molecule has 0 aliphatic heterocycles. The molecule has 0 spiro atoms. The van der Waals surface area contributed by atoms with Gasteiger partial charge in [-0.05, 0) is 51.3 Å². The van der Waals surface area contributed by atoms with Gasteiger partial charge >= 0.3 is 0 Å². The molecule has 25 nitrogen and oxygen atoms in total. The fourth-order valence-electron chi connectivity index (χ4n) is 7.35. The summed E-state index contributed by atoms with van der Waals surface area (Å²) in [5.41, 5.74) is 1.69. The highest BCUT2D eigenvalue weighted by Gasteiger charge is 2.24. The van der Waals surface area contributed by atoms with Gasteiger partial charge in [-0.3, -0.25) is 38.4 Å². The standard InChI is InChI=1S/C46H58FN17O8/c1-58(2)16-9-12-48-37(65)11-14-51-42(68)32-18-28(23-60(32)4)53-44(70)35-21-29(24-63(35)7)54-43(69)34-20-27(22-62(34)6)52-40(66)31(47)10-13-50-41(67)33-19-30(25-61(33)5)55-46(72)39-56-36(26-64(39)8)57-45(71)38-49-15-17-59(38)3/h15,17-26,31H,9-14,16H2,1-8H3,(H,48,65)(H,50,67)(H,51,68)(H,52,66)(H,53,70)(H,54,69)(H,55,72)(H,57,71)/t31-/m0/s1. The molecule has 382 valence electrons. The Balaban J connectivity index is 0.932. The number of hydrogen-bond acceptors (Lipinski definition) is 11. The van der Waals surface area contributed by atoms with Crippen LogP contribution in [0.1, 0.15) is 82.5 Å². The molecule has 8 amide bonds. The zero-order valence-corrected chi connectivity index (χ0v) is 41.0. The van der Waals surface area contributed by atoms with Crippen LogP contribution in [-0.2, 0) is 51.9 Å².